The molecule has 0 heterocycles. The van der Waals surface area contributed by atoms with Gasteiger partial charge in [0, 0.05) is 0 Å². The fourth-order valence-corrected chi connectivity index (χ4v) is 1.92. The van der Waals surface area contributed by atoms with Gasteiger partial charge in [-0.25, -0.2) is 0 Å². The van der Waals surface area contributed by atoms with E-state index in [1.54, 1.807) is 0 Å². The summed E-state index contributed by atoms with van der Waals surface area (Å²) in [5.74, 6) is -0.164. The fourth-order valence-electron chi connectivity index (χ4n) is 1.92. The number of rotatable bonds is 14. The molecule has 2 heteroatoms. The van der Waals surface area contributed by atoms with E-state index in [0.29, 0.717) is 13.0 Å². The average Bonchev–Trinajstić information content (AvgIpc) is 2.61. The number of carbonyl (C=O) groups is 1. The topological polar surface area (TPSA) is 26.3 Å². The zero-order valence-corrected chi connectivity index (χ0v) is 15.9. The maximum absolute atomic E-state index is 11.1. The van der Waals surface area contributed by atoms with Gasteiger partial charge in [-0.05, 0) is 45.4 Å². The number of hydrogen-bond donors (Lipinski definition) is 0. The van der Waals surface area contributed by atoms with Crippen molar-refractivity contribution < 1.29 is 9.53 Å². The Labute approximate surface area is 154 Å². The van der Waals surface area contributed by atoms with Gasteiger partial charge in [0.05, 0.1) is 13.0 Å². The van der Waals surface area contributed by atoms with Crippen LogP contribution < -0.4 is 0 Å². The maximum Gasteiger partial charge on any atom is 0.309 e. The highest BCUT2D eigenvalue weighted by Crippen LogP contribution is 1.97. The maximum atomic E-state index is 11.1. The second kappa shape index (κ2) is 20.0. The lowest BCUT2D eigenvalue weighted by atomic mass is 10.2. The lowest BCUT2D eigenvalue weighted by molar-refractivity contribution is -0.142. The number of ether oxygens (including phenoxy) is 1. The summed E-state index contributed by atoms with van der Waals surface area (Å²) in [4.78, 5) is 11.1. The normalized spacial score (nSPS) is 12.9. The Hall–Kier alpha value is -2.09. The van der Waals surface area contributed by atoms with Crippen LogP contribution in [0.2, 0.25) is 0 Å². The number of hydrogen-bond acceptors (Lipinski definition) is 2. The van der Waals surface area contributed by atoms with E-state index < -0.39 is 0 Å². The summed E-state index contributed by atoms with van der Waals surface area (Å²) in [5, 5.41) is 0. The quantitative estimate of drug-likeness (QED) is 0.261. The molecule has 0 aromatic heterocycles. The summed E-state index contributed by atoms with van der Waals surface area (Å²) in [6.45, 7) is 4.41. The van der Waals surface area contributed by atoms with Crippen molar-refractivity contribution in [2.45, 2.75) is 58.8 Å². The Kier molecular flexibility index (Phi) is 18.3. The summed E-state index contributed by atoms with van der Waals surface area (Å²) in [6, 6.07) is 0. The molecule has 2 nitrogen and oxygen atoms in total. The molecule has 0 rings (SSSR count). The molecule has 0 aliphatic heterocycles. The molecule has 138 valence electrons. The van der Waals surface area contributed by atoms with Crippen molar-refractivity contribution in [3.63, 3.8) is 0 Å². The largest absolute Gasteiger partial charge is 0.466 e. The standard InChI is InChI=1S/C23H34O2/c1-3-5-6-7-8-9-10-11-12-13-14-15-16-17-18-19-20-21-22-23(24)25-4-2/h5-6,8-9,11-12,14-15,17-18,20-21H,3-4,7,10,13,16,19,22H2,1-2H3/b6-5-,9-8-,12-11-,15-14-,18-17-,21-20-. The predicted molar refractivity (Wildman–Crippen MR) is 109 cm³/mol. The molecular formula is C23H34O2. The molecule has 0 N–H and O–H groups in total. The first-order chi connectivity index (χ1) is 12.3. The minimum Gasteiger partial charge on any atom is -0.466 e. The Morgan fingerprint density at radius 2 is 0.960 bits per heavy atom. The molecule has 0 fully saturated rings. The third-order valence-electron chi connectivity index (χ3n) is 3.19. The Morgan fingerprint density at radius 3 is 1.32 bits per heavy atom. The van der Waals surface area contributed by atoms with E-state index >= 15 is 0 Å². The van der Waals surface area contributed by atoms with Crippen molar-refractivity contribution in [1.82, 2.24) is 0 Å². The third kappa shape index (κ3) is 19.9. The second-order valence-corrected chi connectivity index (χ2v) is 5.42. The van der Waals surface area contributed by atoms with Gasteiger partial charge in [-0.15, -0.1) is 0 Å². The molecule has 0 aromatic rings. The molecular weight excluding hydrogens is 308 g/mol. The van der Waals surface area contributed by atoms with Gasteiger partial charge >= 0.3 is 5.97 Å². The molecule has 0 amide bonds. The second-order valence-electron chi connectivity index (χ2n) is 5.42. The van der Waals surface area contributed by atoms with E-state index in [1.807, 2.05) is 19.1 Å². The van der Waals surface area contributed by atoms with E-state index in [4.69, 9.17) is 4.74 Å². The van der Waals surface area contributed by atoms with Crippen LogP contribution in [0.3, 0.4) is 0 Å². The van der Waals surface area contributed by atoms with Crippen LogP contribution in [0, 0.1) is 0 Å². The van der Waals surface area contributed by atoms with Gasteiger partial charge in [-0.3, -0.25) is 4.79 Å². The van der Waals surface area contributed by atoms with Crippen LogP contribution in [0.1, 0.15) is 58.8 Å². The molecule has 0 saturated heterocycles. The average molecular weight is 343 g/mol. The molecule has 0 bridgehead atoms. The molecule has 0 spiro atoms. The van der Waals surface area contributed by atoms with Gasteiger partial charge < -0.3 is 4.74 Å². The van der Waals surface area contributed by atoms with Crippen molar-refractivity contribution in [2.24, 2.45) is 0 Å². The van der Waals surface area contributed by atoms with E-state index in [2.05, 4.69) is 67.7 Å². The molecule has 0 unspecified atom stereocenters. The number of carbonyl (C=O) groups excluding carboxylic acids is 1. The minimum absolute atomic E-state index is 0.164. The van der Waals surface area contributed by atoms with Crippen LogP contribution in [-0.2, 0) is 9.53 Å². The first-order valence-corrected chi connectivity index (χ1v) is 9.36. The zero-order valence-electron chi connectivity index (χ0n) is 15.9. The third-order valence-corrected chi connectivity index (χ3v) is 3.19. The van der Waals surface area contributed by atoms with Crippen LogP contribution in [-0.4, -0.2) is 12.6 Å². The monoisotopic (exact) mass is 342 g/mol. The smallest absolute Gasteiger partial charge is 0.309 e. The lowest BCUT2D eigenvalue weighted by Gasteiger charge is -1.95. The fraction of sp³-hybridized carbons (Fsp3) is 0.435. The SMILES string of the molecule is CC/C=C\C/C=C\C/C=C\C/C=C\C/C=C\C/C=C\CC(=O)OCC. The molecule has 0 saturated carbocycles. The van der Waals surface area contributed by atoms with Gasteiger partial charge in [0.15, 0.2) is 0 Å². The van der Waals surface area contributed by atoms with Crippen molar-refractivity contribution in [3.8, 4) is 0 Å². The van der Waals surface area contributed by atoms with E-state index in [9.17, 15) is 4.79 Å². The summed E-state index contributed by atoms with van der Waals surface area (Å²) in [7, 11) is 0. The molecule has 0 aliphatic rings. The Morgan fingerprint density at radius 1 is 0.600 bits per heavy atom. The summed E-state index contributed by atoms with van der Waals surface area (Å²) < 4.78 is 4.85. The highest BCUT2D eigenvalue weighted by atomic mass is 16.5. The van der Waals surface area contributed by atoms with Crippen molar-refractivity contribution >= 4 is 5.97 Å². The highest BCUT2D eigenvalue weighted by molar-refractivity contribution is 5.71. The van der Waals surface area contributed by atoms with Gasteiger partial charge in [-0.1, -0.05) is 79.8 Å². The van der Waals surface area contributed by atoms with Crippen LogP contribution in [0.5, 0.6) is 0 Å². The van der Waals surface area contributed by atoms with Gasteiger partial charge in [0.2, 0.25) is 0 Å². The lowest BCUT2D eigenvalue weighted by Crippen LogP contribution is -2.01. The number of allylic oxidation sites excluding steroid dienone is 11. The van der Waals surface area contributed by atoms with Crippen LogP contribution in [0.4, 0.5) is 0 Å². The summed E-state index contributed by atoms with van der Waals surface area (Å²) >= 11 is 0. The first kappa shape index (κ1) is 22.9. The van der Waals surface area contributed by atoms with E-state index in [0.717, 1.165) is 38.5 Å². The van der Waals surface area contributed by atoms with Crippen molar-refractivity contribution in [1.29, 1.82) is 0 Å². The molecule has 0 aliphatic carbocycles. The van der Waals surface area contributed by atoms with Gasteiger partial charge in [0.1, 0.15) is 0 Å². The van der Waals surface area contributed by atoms with E-state index in [1.165, 1.54) is 0 Å². The summed E-state index contributed by atoms with van der Waals surface area (Å²) in [6.07, 6.45) is 32.0. The van der Waals surface area contributed by atoms with Crippen LogP contribution >= 0.6 is 0 Å². The highest BCUT2D eigenvalue weighted by Gasteiger charge is 1.94. The Bertz CT molecular complexity index is 476. The molecule has 0 radical (unpaired) electrons. The van der Waals surface area contributed by atoms with Crippen molar-refractivity contribution in [3.05, 3.63) is 72.9 Å². The van der Waals surface area contributed by atoms with Gasteiger partial charge in [0.25, 0.3) is 0 Å². The first-order valence-electron chi connectivity index (χ1n) is 9.36. The minimum atomic E-state index is -0.164. The van der Waals surface area contributed by atoms with Crippen molar-refractivity contribution in [2.75, 3.05) is 6.61 Å². The number of esters is 1. The molecule has 25 heavy (non-hydrogen) atoms. The Balaban J connectivity index is 3.56. The zero-order chi connectivity index (χ0) is 18.4. The van der Waals surface area contributed by atoms with Crippen LogP contribution in [0.25, 0.3) is 0 Å². The van der Waals surface area contributed by atoms with Gasteiger partial charge in [-0.2, -0.15) is 0 Å². The summed E-state index contributed by atoms with van der Waals surface area (Å²) in [5.41, 5.74) is 0. The van der Waals surface area contributed by atoms with E-state index in [-0.39, 0.29) is 5.97 Å². The molecule has 0 atom stereocenters. The van der Waals surface area contributed by atoms with Crippen LogP contribution in [0.15, 0.2) is 72.9 Å². The molecule has 0 aromatic carbocycles. The predicted octanol–water partition coefficient (Wildman–Crippen LogP) is 6.64.